The average Bonchev–Trinajstić information content (AvgIpc) is 2.21. The highest BCUT2D eigenvalue weighted by atomic mass is 14.6. The summed E-state index contributed by atoms with van der Waals surface area (Å²) in [7, 11) is 0. The van der Waals surface area contributed by atoms with Crippen LogP contribution < -0.4 is 11.5 Å². The molecule has 2 heteroatoms. The van der Waals surface area contributed by atoms with Crippen LogP contribution in [0.3, 0.4) is 0 Å². The number of rotatable bonds is 4. The van der Waals surface area contributed by atoms with Crippen molar-refractivity contribution in [1.82, 2.24) is 0 Å². The third-order valence-corrected chi connectivity index (χ3v) is 2.52. The molecule has 0 saturated carbocycles. The Labute approximate surface area is 91.3 Å². The van der Waals surface area contributed by atoms with Crippen LogP contribution in [0.1, 0.15) is 16.7 Å². The van der Waals surface area contributed by atoms with Crippen molar-refractivity contribution in [1.29, 1.82) is 0 Å². The molecular weight excluding hydrogens is 184 g/mol. The van der Waals surface area contributed by atoms with Gasteiger partial charge >= 0.3 is 0 Å². The minimum atomic E-state index is 0.712. The summed E-state index contributed by atoms with van der Waals surface area (Å²) in [5.41, 5.74) is 16.7. The summed E-state index contributed by atoms with van der Waals surface area (Å²) in [5.74, 6) is 0. The molecule has 0 amide bonds. The fraction of sp³-hybridized carbons (Fsp3) is 0.231. The smallest absolute Gasteiger partial charge is 0.0406 e. The molecule has 80 valence electrons. The predicted octanol–water partition coefficient (Wildman–Crippen LogP) is 2.62. The van der Waals surface area contributed by atoms with E-state index in [1.54, 1.807) is 0 Å². The lowest BCUT2D eigenvalue weighted by atomic mass is 9.97. The van der Waals surface area contributed by atoms with E-state index in [1.807, 2.05) is 25.1 Å². The van der Waals surface area contributed by atoms with Gasteiger partial charge in [-0.1, -0.05) is 18.2 Å². The highest BCUT2D eigenvalue weighted by molar-refractivity contribution is 5.69. The maximum Gasteiger partial charge on any atom is 0.0406 e. The van der Waals surface area contributed by atoms with Crippen molar-refractivity contribution in [2.75, 3.05) is 11.5 Å². The van der Waals surface area contributed by atoms with Crippen LogP contribution in [-0.2, 0) is 12.8 Å². The molecule has 1 aromatic rings. The van der Waals surface area contributed by atoms with Crippen LogP contribution in [0.2, 0.25) is 0 Å². The molecule has 0 radical (unpaired) electrons. The average molecular weight is 202 g/mol. The molecule has 15 heavy (non-hydrogen) atoms. The lowest BCUT2D eigenvalue weighted by molar-refractivity contribution is 1.20. The van der Waals surface area contributed by atoms with Gasteiger partial charge in [0, 0.05) is 16.9 Å². The number of nitrogen functional groups attached to an aromatic ring is 2. The number of nitrogens with two attached hydrogens (primary N) is 2. The molecular formula is C13H18N2. The second kappa shape index (κ2) is 4.69. The molecule has 1 aromatic carbocycles. The van der Waals surface area contributed by atoms with E-state index < -0.39 is 0 Å². The lowest BCUT2D eigenvalue weighted by Crippen LogP contribution is -2.05. The van der Waals surface area contributed by atoms with Crippen molar-refractivity contribution in [3.8, 4) is 0 Å². The van der Waals surface area contributed by atoms with E-state index in [1.165, 1.54) is 0 Å². The van der Waals surface area contributed by atoms with Crippen molar-refractivity contribution in [3.63, 3.8) is 0 Å². The van der Waals surface area contributed by atoms with Crippen molar-refractivity contribution in [2.24, 2.45) is 0 Å². The maximum atomic E-state index is 6.05. The van der Waals surface area contributed by atoms with E-state index in [4.69, 9.17) is 11.5 Å². The summed E-state index contributed by atoms with van der Waals surface area (Å²) in [4.78, 5) is 0. The van der Waals surface area contributed by atoms with Gasteiger partial charge in [0.2, 0.25) is 0 Å². The minimum Gasteiger partial charge on any atom is -0.398 e. The maximum absolute atomic E-state index is 6.05. The third kappa shape index (κ3) is 2.21. The second-order valence-electron chi connectivity index (χ2n) is 3.64. The fourth-order valence-electron chi connectivity index (χ4n) is 1.68. The summed E-state index contributed by atoms with van der Waals surface area (Å²) >= 11 is 0. The molecule has 0 aromatic heterocycles. The van der Waals surface area contributed by atoms with Crippen molar-refractivity contribution in [2.45, 2.75) is 19.8 Å². The van der Waals surface area contributed by atoms with Crippen LogP contribution in [0.15, 0.2) is 31.4 Å². The molecule has 0 aliphatic carbocycles. The van der Waals surface area contributed by atoms with Crippen molar-refractivity contribution >= 4 is 11.4 Å². The first-order chi connectivity index (χ1) is 7.11. The SMILES string of the molecule is C=CCc1cc(C)c(N)c(CC=C)c1N. The Morgan fingerprint density at radius 2 is 1.73 bits per heavy atom. The first-order valence-corrected chi connectivity index (χ1v) is 4.99. The largest absolute Gasteiger partial charge is 0.398 e. The van der Waals surface area contributed by atoms with Crippen LogP contribution in [-0.4, -0.2) is 0 Å². The minimum absolute atomic E-state index is 0.712. The number of benzene rings is 1. The van der Waals surface area contributed by atoms with Crippen molar-refractivity contribution < 1.29 is 0 Å². The molecule has 0 spiro atoms. The van der Waals surface area contributed by atoms with Crippen LogP contribution in [0.25, 0.3) is 0 Å². The van der Waals surface area contributed by atoms with Gasteiger partial charge in [0.05, 0.1) is 0 Å². The summed E-state index contributed by atoms with van der Waals surface area (Å²) in [6.45, 7) is 9.42. The van der Waals surface area contributed by atoms with Crippen LogP contribution in [0.4, 0.5) is 11.4 Å². The summed E-state index contributed by atoms with van der Waals surface area (Å²) in [6.07, 6.45) is 5.15. The Hall–Kier alpha value is -1.70. The molecule has 2 nitrogen and oxygen atoms in total. The number of aryl methyl sites for hydroxylation is 1. The van der Waals surface area contributed by atoms with Gasteiger partial charge in [-0.3, -0.25) is 0 Å². The molecule has 0 aliphatic rings. The quantitative estimate of drug-likeness (QED) is 0.582. The van der Waals surface area contributed by atoms with Crippen LogP contribution in [0.5, 0.6) is 0 Å². The van der Waals surface area contributed by atoms with E-state index in [-0.39, 0.29) is 0 Å². The first kappa shape index (κ1) is 11.4. The standard InChI is InChI=1S/C13H18N2/c1-4-6-10-8-9(3)12(14)11(7-5-2)13(10)15/h4-5,8H,1-2,6-7,14-15H2,3H3. The highest BCUT2D eigenvalue weighted by Gasteiger charge is 2.09. The van der Waals surface area contributed by atoms with Gasteiger partial charge < -0.3 is 11.5 Å². The number of allylic oxidation sites excluding steroid dienone is 2. The third-order valence-electron chi connectivity index (χ3n) is 2.52. The Bertz CT molecular complexity index is 392. The van der Waals surface area contributed by atoms with E-state index in [2.05, 4.69) is 13.2 Å². The van der Waals surface area contributed by atoms with Gasteiger partial charge in [-0.15, -0.1) is 13.2 Å². The zero-order valence-corrected chi connectivity index (χ0v) is 9.22. The van der Waals surface area contributed by atoms with E-state index in [0.717, 1.165) is 34.5 Å². The molecule has 4 N–H and O–H groups in total. The summed E-state index contributed by atoms with van der Waals surface area (Å²) in [6, 6.07) is 2.03. The summed E-state index contributed by atoms with van der Waals surface area (Å²) in [5, 5.41) is 0. The van der Waals surface area contributed by atoms with E-state index in [0.29, 0.717) is 6.42 Å². The second-order valence-corrected chi connectivity index (χ2v) is 3.64. The monoisotopic (exact) mass is 202 g/mol. The number of anilines is 2. The Balaban J connectivity index is 3.33. The number of hydrogen-bond acceptors (Lipinski definition) is 2. The predicted molar refractivity (Wildman–Crippen MR) is 67.8 cm³/mol. The highest BCUT2D eigenvalue weighted by Crippen LogP contribution is 2.28. The number of hydrogen-bond donors (Lipinski definition) is 2. The van der Waals surface area contributed by atoms with Gasteiger partial charge in [-0.25, -0.2) is 0 Å². The van der Waals surface area contributed by atoms with Gasteiger partial charge in [-0.2, -0.15) is 0 Å². The fourth-order valence-corrected chi connectivity index (χ4v) is 1.68. The normalized spacial score (nSPS) is 9.93. The van der Waals surface area contributed by atoms with Gasteiger partial charge in [0.15, 0.2) is 0 Å². The molecule has 0 atom stereocenters. The molecule has 0 saturated heterocycles. The molecule has 0 aliphatic heterocycles. The van der Waals surface area contributed by atoms with Crippen LogP contribution in [0, 0.1) is 6.92 Å². The Morgan fingerprint density at radius 1 is 1.13 bits per heavy atom. The molecule has 1 rings (SSSR count). The topological polar surface area (TPSA) is 52.0 Å². The Morgan fingerprint density at radius 3 is 2.27 bits per heavy atom. The van der Waals surface area contributed by atoms with Crippen molar-refractivity contribution in [3.05, 3.63) is 48.1 Å². The van der Waals surface area contributed by atoms with Crippen LogP contribution >= 0.6 is 0 Å². The lowest BCUT2D eigenvalue weighted by Gasteiger charge is -2.14. The zero-order valence-electron chi connectivity index (χ0n) is 9.22. The zero-order chi connectivity index (χ0) is 11.4. The molecule has 0 unspecified atom stereocenters. The van der Waals surface area contributed by atoms with Gasteiger partial charge in [0.1, 0.15) is 0 Å². The van der Waals surface area contributed by atoms with E-state index in [9.17, 15) is 0 Å². The van der Waals surface area contributed by atoms with Gasteiger partial charge in [-0.05, 0) is 30.9 Å². The molecule has 0 heterocycles. The summed E-state index contributed by atoms with van der Waals surface area (Å²) < 4.78 is 0. The molecule has 0 bridgehead atoms. The Kier molecular flexibility index (Phi) is 3.56. The molecule has 0 fully saturated rings. The van der Waals surface area contributed by atoms with Gasteiger partial charge in [0.25, 0.3) is 0 Å². The first-order valence-electron chi connectivity index (χ1n) is 4.99. The van der Waals surface area contributed by atoms with E-state index >= 15 is 0 Å².